The van der Waals surface area contributed by atoms with Crippen LogP contribution in [0.4, 0.5) is 13.2 Å². The molecule has 1 aromatic rings. The zero-order valence-corrected chi connectivity index (χ0v) is 13.0. The van der Waals surface area contributed by atoms with Crippen LogP contribution in [0.25, 0.3) is 0 Å². The second kappa shape index (κ2) is 6.95. The average Bonchev–Trinajstić information content (AvgIpc) is 2.52. The predicted octanol–water partition coefficient (Wildman–Crippen LogP) is 2.62. The molecule has 1 aromatic heterocycles. The maximum Gasteiger partial charge on any atom is 0.417 e. The maximum atomic E-state index is 12.6. The van der Waals surface area contributed by atoms with Crippen molar-refractivity contribution in [3.8, 4) is 11.9 Å². The molecule has 3 heterocycles. The molecule has 2 fully saturated rings. The molecule has 5 nitrogen and oxygen atoms in total. The van der Waals surface area contributed by atoms with Crippen LogP contribution in [0.1, 0.15) is 24.8 Å². The van der Waals surface area contributed by atoms with Gasteiger partial charge in [0.25, 0.3) is 0 Å². The summed E-state index contributed by atoms with van der Waals surface area (Å²) in [5, 5.41) is 8.77. The number of piperidine rings is 1. The van der Waals surface area contributed by atoms with E-state index in [2.05, 4.69) is 16.0 Å². The Bertz CT molecular complexity index is 586. The van der Waals surface area contributed by atoms with Crippen LogP contribution in [0, 0.1) is 11.3 Å². The summed E-state index contributed by atoms with van der Waals surface area (Å²) in [6.45, 7) is 1.88. The van der Waals surface area contributed by atoms with Gasteiger partial charge in [-0.1, -0.05) is 0 Å². The Morgan fingerprint density at radius 1 is 1.29 bits per heavy atom. The van der Waals surface area contributed by atoms with Gasteiger partial charge in [0.05, 0.1) is 24.8 Å². The highest BCUT2D eigenvalue weighted by Gasteiger charge is 2.39. The van der Waals surface area contributed by atoms with Crippen molar-refractivity contribution in [2.24, 2.45) is 0 Å². The third kappa shape index (κ3) is 3.79. The molecule has 0 aliphatic carbocycles. The summed E-state index contributed by atoms with van der Waals surface area (Å²) in [7, 11) is 0. The number of alkyl halides is 3. The summed E-state index contributed by atoms with van der Waals surface area (Å²) >= 11 is 0. The topological polar surface area (TPSA) is 58.4 Å². The lowest BCUT2D eigenvalue weighted by atomic mass is 9.91. The fraction of sp³-hybridized carbons (Fsp3) is 0.625. The maximum absolute atomic E-state index is 12.6. The van der Waals surface area contributed by atoms with Crippen LogP contribution in [0.3, 0.4) is 0 Å². The standard InChI is InChI=1S/C16H18F3N3O2/c17-16(18,19)11-2-3-15(21-8-11)24-14-6-12-9-23-10-13(7-14)22(12)5-1-4-20/h2-3,8,12-14H,1,5-7,9-10H2/t12-,13+,14-. The van der Waals surface area contributed by atoms with E-state index in [0.717, 1.165) is 12.3 Å². The SMILES string of the molecule is N#CCCN1[C@@H]2COC[C@H]1C[C@@H](Oc1ccc(C(F)(F)F)cn1)C2. The molecule has 0 spiro atoms. The summed E-state index contributed by atoms with van der Waals surface area (Å²) in [5.41, 5.74) is -0.786. The van der Waals surface area contributed by atoms with Gasteiger partial charge >= 0.3 is 6.18 Å². The molecule has 2 saturated heterocycles. The normalized spacial score (nSPS) is 27.5. The summed E-state index contributed by atoms with van der Waals surface area (Å²) < 4.78 is 49.0. The zero-order chi connectivity index (χ0) is 17.2. The van der Waals surface area contributed by atoms with Gasteiger partial charge in [-0.3, -0.25) is 4.90 Å². The fourth-order valence-electron chi connectivity index (χ4n) is 3.37. The van der Waals surface area contributed by atoms with Crippen molar-refractivity contribution in [2.45, 2.75) is 43.6 Å². The summed E-state index contributed by atoms with van der Waals surface area (Å²) in [4.78, 5) is 6.06. The number of hydrogen-bond acceptors (Lipinski definition) is 5. The molecule has 0 N–H and O–H groups in total. The van der Waals surface area contributed by atoms with Crippen LogP contribution >= 0.6 is 0 Å². The van der Waals surface area contributed by atoms with Crippen molar-refractivity contribution in [1.82, 2.24) is 9.88 Å². The average molecular weight is 341 g/mol. The molecular formula is C16H18F3N3O2. The van der Waals surface area contributed by atoms with E-state index < -0.39 is 11.7 Å². The van der Waals surface area contributed by atoms with E-state index in [1.807, 2.05) is 0 Å². The van der Waals surface area contributed by atoms with Gasteiger partial charge in [0.2, 0.25) is 5.88 Å². The molecule has 0 amide bonds. The van der Waals surface area contributed by atoms with Crippen LogP contribution in [0.15, 0.2) is 18.3 Å². The van der Waals surface area contributed by atoms with Gasteiger partial charge in [-0.15, -0.1) is 0 Å². The third-order valence-corrected chi connectivity index (χ3v) is 4.46. The van der Waals surface area contributed by atoms with E-state index in [0.29, 0.717) is 39.0 Å². The van der Waals surface area contributed by atoms with Crippen molar-refractivity contribution in [1.29, 1.82) is 5.26 Å². The molecule has 0 unspecified atom stereocenters. The molecule has 3 atom stereocenters. The minimum atomic E-state index is -4.40. The second-order valence-electron chi connectivity index (χ2n) is 6.09. The van der Waals surface area contributed by atoms with E-state index in [4.69, 9.17) is 14.7 Å². The van der Waals surface area contributed by atoms with Crippen molar-refractivity contribution in [2.75, 3.05) is 19.8 Å². The minimum Gasteiger partial charge on any atom is -0.474 e. The van der Waals surface area contributed by atoms with Crippen LogP contribution < -0.4 is 4.74 Å². The summed E-state index contributed by atoms with van der Waals surface area (Å²) in [5.74, 6) is 0.206. The Morgan fingerprint density at radius 2 is 2.00 bits per heavy atom. The molecule has 8 heteroatoms. The molecular weight excluding hydrogens is 323 g/mol. The Kier molecular flexibility index (Phi) is 4.92. The Hall–Kier alpha value is -1.85. The molecule has 3 rings (SSSR count). The van der Waals surface area contributed by atoms with E-state index in [9.17, 15) is 13.2 Å². The monoisotopic (exact) mass is 341 g/mol. The van der Waals surface area contributed by atoms with Crippen LogP contribution in [0.5, 0.6) is 5.88 Å². The first kappa shape index (κ1) is 17.0. The highest BCUT2D eigenvalue weighted by Crippen LogP contribution is 2.32. The summed E-state index contributed by atoms with van der Waals surface area (Å²) in [6.07, 6.45) is -1.81. The van der Waals surface area contributed by atoms with Gasteiger partial charge in [0, 0.05) is 50.2 Å². The Balaban J connectivity index is 1.62. The van der Waals surface area contributed by atoms with Gasteiger partial charge in [-0.05, 0) is 6.07 Å². The Morgan fingerprint density at radius 3 is 2.54 bits per heavy atom. The first-order valence-corrected chi connectivity index (χ1v) is 7.87. The molecule has 2 aliphatic rings. The lowest BCUT2D eigenvalue weighted by Gasteiger charge is -2.47. The highest BCUT2D eigenvalue weighted by atomic mass is 19.4. The number of pyridine rings is 1. The fourth-order valence-corrected chi connectivity index (χ4v) is 3.37. The largest absolute Gasteiger partial charge is 0.474 e. The van der Waals surface area contributed by atoms with Crippen LogP contribution in [-0.4, -0.2) is 47.8 Å². The quantitative estimate of drug-likeness (QED) is 0.843. The van der Waals surface area contributed by atoms with Crippen molar-refractivity contribution >= 4 is 0 Å². The smallest absolute Gasteiger partial charge is 0.417 e. The zero-order valence-electron chi connectivity index (χ0n) is 13.0. The van der Waals surface area contributed by atoms with Gasteiger partial charge in [0.1, 0.15) is 6.10 Å². The van der Waals surface area contributed by atoms with Crippen molar-refractivity contribution < 1.29 is 22.6 Å². The van der Waals surface area contributed by atoms with Gasteiger partial charge in [-0.25, -0.2) is 4.98 Å². The molecule has 0 radical (unpaired) electrons. The molecule has 0 saturated carbocycles. The third-order valence-electron chi connectivity index (χ3n) is 4.46. The van der Waals surface area contributed by atoms with E-state index in [-0.39, 0.29) is 24.1 Å². The Labute approximate surface area is 138 Å². The van der Waals surface area contributed by atoms with Crippen molar-refractivity contribution in [3.05, 3.63) is 23.9 Å². The first-order chi connectivity index (χ1) is 11.5. The van der Waals surface area contributed by atoms with Crippen LogP contribution in [0.2, 0.25) is 0 Å². The highest BCUT2D eigenvalue weighted by molar-refractivity contribution is 5.20. The van der Waals surface area contributed by atoms with Crippen molar-refractivity contribution in [3.63, 3.8) is 0 Å². The molecule has 130 valence electrons. The van der Waals surface area contributed by atoms with Gasteiger partial charge < -0.3 is 9.47 Å². The van der Waals surface area contributed by atoms with Gasteiger partial charge in [0.15, 0.2) is 0 Å². The predicted molar refractivity (Wildman–Crippen MR) is 78.2 cm³/mol. The number of morpholine rings is 1. The molecule has 2 bridgehead atoms. The number of nitriles is 1. The number of nitrogens with zero attached hydrogens (tertiary/aromatic N) is 3. The lowest BCUT2D eigenvalue weighted by Crippen LogP contribution is -2.59. The van der Waals surface area contributed by atoms with E-state index in [1.165, 1.54) is 6.07 Å². The number of ether oxygens (including phenoxy) is 2. The van der Waals surface area contributed by atoms with E-state index >= 15 is 0 Å². The van der Waals surface area contributed by atoms with E-state index in [1.54, 1.807) is 0 Å². The molecule has 2 aliphatic heterocycles. The minimum absolute atomic E-state index is 0.105. The van der Waals surface area contributed by atoms with Crippen LogP contribution in [-0.2, 0) is 10.9 Å². The first-order valence-electron chi connectivity index (χ1n) is 7.87. The lowest BCUT2D eigenvalue weighted by molar-refractivity contribution is -0.137. The van der Waals surface area contributed by atoms with Gasteiger partial charge in [-0.2, -0.15) is 18.4 Å². The summed E-state index contributed by atoms with van der Waals surface area (Å²) in [6, 6.07) is 4.74. The number of hydrogen-bond donors (Lipinski definition) is 0. The number of fused-ring (bicyclic) bond motifs is 2. The second-order valence-corrected chi connectivity index (χ2v) is 6.09. The molecule has 24 heavy (non-hydrogen) atoms. The number of aromatic nitrogens is 1. The number of halogens is 3. The molecule has 0 aromatic carbocycles. The number of rotatable bonds is 4.